The van der Waals surface area contributed by atoms with E-state index in [0.29, 0.717) is 18.3 Å². The van der Waals surface area contributed by atoms with Crippen LogP contribution in [0, 0.1) is 17.2 Å². The Morgan fingerprint density at radius 1 is 1.39 bits per heavy atom. The zero-order chi connectivity index (χ0) is 13.4. The Labute approximate surface area is 107 Å². The van der Waals surface area contributed by atoms with E-state index in [0.717, 1.165) is 0 Å². The Balaban J connectivity index is 2.34. The molecule has 18 heavy (non-hydrogen) atoms. The maximum atomic E-state index is 9.67. The standard InChI is InChI=1S/C12H18N4O2/c1-9(2)7-18-8-10(17)6-16-12-11(5-13)14-3-4-15-12/h3-4,9-10,17H,6-8H2,1-2H3,(H,15,16). The van der Waals surface area contributed by atoms with E-state index >= 15 is 0 Å². The number of hydrogen-bond donors (Lipinski definition) is 2. The predicted molar refractivity (Wildman–Crippen MR) is 66.9 cm³/mol. The van der Waals surface area contributed by atoms with Crippen LogP contribution in [0.4, 0.5) is 5.82 Å². The maximum absolute atomic E-state index is 9.67. The quantitative estimate of drug-likeness (QED) is 0.743. The van der Waals surface area contributed by atoms with Crippen LogP contribution in [0.15, 0.2) is 12.4 Å². The highest BCUT2D eigenvalue weighted by atomic mass is 16.5. The third kappa shape index (κ3) is 5.08. The second-order valence-corrected chi connectivity index (χ2v) is 4.33. The maximum Gasteiger partial charge on any atom is 0.182 e. The molecule has 0 saturated carbocycles. The molecule has 1 aromatic rings. The first kappa shape index (κ1) is 14.4. The highest BCUT2D eigenvalue weighted by Crippen LogP contribution is 2.06. The lowest BCUT2D eigenvalue weighted by atomic mass is 10.2. The first-order valence-electron chi connectivity index (χ1n) is 5.84. The molecule has 0 fully saturated rings. The molecule has 0 amide bonds. The average molecular weight is 250 g/mol. The molecule has 6 heteroatoms. The molecule has 0 aromatic carbocycles. The summed E-state index contributed by atoms with van der Waals surface area (Å²) in [6.07, 6.45) is 2.30. The molecule has 6 nitrogen and oxygen atoms in total. The monoisotopic (exact) mass is 250 g/mol. The fourth-order valence-corrected chi connectivity index (χ4v) is 1.26. The normalized spacial score (nSPS) is 12.2. The summed E-state index contributed by atoms with van der Waals surface area (Å²) in [6.45, 7) is 5.23. The number of ether oxygens (including phenoxy) is 1. The Bertz CT molecular complexity index is 403. The number of hydrogen-bond acceptors (Lipinski definition) is 6. The number of nitriles is 1. The Kier molecular flexibility index (Phi) is 6.05. The smallest absolute Gasteiger partial charge is 0.182 e. The third-order valence-electron chi connectivity index (χ3n) is 2.07. The lowest BCUT2D eigenvalue weighted by Crippen LogP contribution is -2.26. The van der Waals surface area contributed by atoms with Gasteiger partial charge >= 0.3 is 0 Å². The molecular weight excluding hydrogens is 232 g/mol. The highest BCUT2D eigenvalue weighted by molar-refractivity contribution is 5.46. The number of anilines is 1. The molecule has 0 bridgehead atoms. The van der Waals surface area contributed by atoms with Crippen molar-refractivity contribution in [1.29, 1.82) is 5.26 Å². The SMILES string of the molecule is CC(C)COCC(O)CNc1nccnc1C#N. The largest absolute Gasteiger partial charge is 0.389 e. The van der Waals surface area contributed by atoms with Gasteiger partial charge in [0.1, 0.15) is 6.07 Å². The van der Waals surface area contributed by atoms with Crippen LogP contribution in [0.3, 0.4) is 0 Å². The number of aromatic nitrogens is 2. The van der Waals surface area contributed by atoms with Gasteiger partial charge in [0.2, 0.25) is 0 Å². The Morgan fingerprint density at radius 3 is 2.78 bits per heavy atom. The van der Waals surface area contributed by atoms with E-state index in [9.17, 15) is 5.11 Å². The van der Waals surface area contributed by atoms with E-state index in [-0.39, 0.29) is 18.8 Å². The van der Waals surface area contributed by atoms with Crippen LogP contribution in [-0.2, 0) is 4.74 Å². The van der Waals surface area contributed by atoms with E-state index in [1.54, 1.807) is 0 Å². The first-order valence-corrected chi connectivity index (χ1v) is 5.84. The molecule has 0 radical (unpaired) electrons. The van der Waals surface area contributed by atoms with Crippen LogP contribution in [0.5, 0.6) is 0 Å². The molecule has 0 aliphatic heterocycles. The minimum atomic E-state index is -0.641. The Morgan fingerprint density at radius 2 is 2.11 bits per heavy atom. The summed E-state index contributed by atoms with van der Waals surface area (Å²) in [5.41, 5.74) is 0.216. The Hall–Kier alpha value is -1.71. The second-order valence-electron chi connectivity index (χ2n) is 4.33. The first-order chi connectivity index (χ1) is 8.63. The lowest BCUT2D eigenvalue weighted by molar-refractivity contribution is 0.0317. The van der Waals surface area contributed by atoms with Gasteiger partial charge in [-0.25, -0.2) is 9.97 Å². The van der Waals surface area contributed by atoms with Gasteiger partial charge in [-0.15, -0.1) is 0 Å². The number of aliphatic hydroxyl groups excluding tert-OH is 1. The molecule has 1 atom stereocenters. The van der Waals surface area contributed by atoms with Crippen molar-refractivity contribution < 1.29 is 9.84 Å². The van der Waals surface area contributed by atoms with Crippen molar-refractivity contribution in [3.8, 4) is 6.07 Å². The van der Waals surface area contributed by atoms with Crippen molar-refractivity contribution in [3.63, 3.8) is 0 Å². The third-order valence-corrected chi connectivity index (χ3v) is 2.07. The minimum absolute atomic E-state index is 0.216. The van der Waals surface area contributed by atoms with Gasteiger partial charge in [-0.05, 0) is 5.92 Å². The van der Waals surface area contributed by atoms with Crippen molar-refractivity contribution in [1.82, 2.24) is 9.97 Å². The fourth-order valence-electron chi connectivity index (χ4n) is 1.26. The second kappa shape index (κ2) is 7.58. The summed E-state index contributed by atoms with van der Waals surface area (Å²) in [6, 6.07) is 1.93. The molecule has 0 spiro atoms. The van der Waals surface area contributed by atoms with Crippen molar-refractivity contribution in [2.45, 2.75) is 20.0 Å². The van der Waals surface area contributed by atoms with Gasteiger partial charge in [0.05, 0.1) is 12.7 Å². The van der Waals surface area contributed by atoms with Crippen LogP contribution < -0.4 is 5.32 Å². The molecule has 1 aromatic heterocycles. The molecule has 0 saturated heterocycles. The van der Waals surface area contributed by atoms with Crippen molar-refractivity contribution in [2.24, 2.45) is 5.92 Å². The zero-order valence-corrected chi connectivity index (χ0v) is 10.6. The molecule has 1 unspecified atom stereocenters. The summed E-state index contributed by atoms with van der Waals surface area (Å²) >= 11 is 0. The summed E-state index contributed by atoms with van der Waals surface area (Å²) in [5, 5.41) is 21.4. The van der Waals surface area contributed by atoms with Crippen LogP contribution in [0.1, 0.15) is 19.5 Å². The number of nitrogens with one attached hydrogen (secondary N) is 1. The zero-order valence-electron chi connectivity index (χ0n) is 10.6. The van der Waals surface area contributed by atoms with Gasteiger partial charge < -0.3 is 15.2 Å². The molecule has 1 rings (SSSR count). The number of aliphatic hydroxyl groups is 1. The van der Waals surface area contributed by atoms with E-state index in [1.165, 1.54) is 12.4 Å². The summed E-state index contributed by atoms with van der Waals surface area (Å²) in [5.74, 6) is 0.818. The predicted octanol–water partition coefficient (Wildman–Crippen LogP) is 0.794. The van der Waals surface area contributed by atoms with Gasteiger partial charge in [0, 0.05) is 25.5 Å². The van der Waals surface area contributed by atoms with Crippen molar-refractivity contribution in [2.75, 3.05) is 25.1 Å². The summed E-state index contributed by atoms with van der Waals surface area (Å²) < 4.78 is 5.31. The van der Waals surface area contributed by atoms with Crippen LogP contribution >= 0.6 is 0 Å². The van der Waals surface area contributed by atoms with Crippen LogP contribution in [0.25, 0.3) is 0 Å². The van der Waals surface area contributed by atoms with Crippen molar-refractivity contribution in [3.05, 3.63) is 18.1 Å². The molecular formula is C12H18N4O2. The van der Waals surface area contributed by atoms with Crippen molar-refractivity contribution >= 4 is 5.82 Å². The molecule has 2 N–H and O–H groups in total. The molecule has 0 aliphatic carbocycles. The van der Waals surface area contributed by atoms with E-state index in [1.807, 2.05) is 19.9 Å². The number of nitrogens with zero attached hydrogens (tertiary/aromatic N) is 3. The van der Waals surface area contributed by atoms with Gasteiger partial charge in [-0.1, -0.05) is 13.8 Å². The average Bonchev–Trinajstić information content (AvgIpc) is 2.36. The molecule has 98 valence electrons. The van der Waals surface area contributed by atoms with E-state index in [2.05, 4.69) is 15.3 Å². The number of rotatable bonds is 7. The van der Waals surface area contributed by atoms with Gasteiger partial charge in [-0.3, -0.25) is 0 Å². The fraction of sp³-hybridized carbons (Fsp3) is 0.583. The van der Waals surface area contributed by atoms with Gasteiger partial charge in [-0.2, -0.15) is 5.26 Å². The van der Waals surface area contributed by atoms with E-state index < -0.39 is 6.10 Å². The summed E-state index contributed by atoms with van der Waals surface area (Å²) in [4.78, 5) is 7.84. The minimum Gasteiger partial charge on any atom is -0.389 e. The summed E-state index contributed by atoms with van der Waals surface area (Å²) in [7, 11) is 0. The lowest BCUT2D eigenvalue weighted by Gasteiger charge is -2.13. The van der Waals surface area contributed by atoms with Gasteiger partial charge in [0.25, 0.3) is 0 Å². The highest BCUT2D eigenvalue weighted by Gasteiger charge is 2.08. The topological polar surface area (TPSA) is 91.1 Å². The van der Waals surface area contributed by atoms with Crippen LogP contribution in [-0.4, -0.2) is 40.9 Å². The molecule has 1 heterocycles. The molecule has 0 aliphatic rings. The van der Waals surface area contributed by atoms with E-state index in [4.69, 9.17) is 10.00 Å². The van der Waals surface area contributed by atoms with Gasteiger partial charge in [0.15, 0.2) is 11.5 Å². The van der Waals surface area contributed by atoms with Crippen LogP contribution in [0.2, 0.25) is 0 Å².